The van der Waals surface area contributed by atoms with Crippen molar-refractivity contribution in [2.75, 3.05) is 5.32 Å². The SMILES string of the molecule is NC1(CC(=O)Nc2cccc(Cl)c2C(=O)O)CCCCC1. The third-order valence-electron chi connectivity index (χ3n) is 3.86. The zero-order valence-electron chi connectivity index (χ0n) is 11.7. The van der Waals surface area contributed by atoms with Crippen molar-refractivity contribution in [3.63, 3.8) is 0 Å². The molecule has 1 aromatic rings. The molecular weight excluding hydrogens is 292 g/mol. The lowest BCUT2D eigenvalue weighted by Gasteiger charge is -2.32. The molecule has 1 saturated carbocycles. The smallest absolute Gasteiger partial charge is 0.339 e. The maximum Gasteiger partial charge on any atom is 0.339 e. The Labute approximate surface area is 128 Å². The van der Waals surface area contributed by atoms with Crippen LogP contribution >= 0.6 is 11.6 Å². The van der Waals surface area contributed by atoms with E-state index in [1.54, 1.807) is 6.07 Å². The Bertz CT molecular complexity index is 554. The number of aromatic carboxylic acids is 1. The number of benzene rings is 1. The summed E-state index contributed by atoms with van der Waals surface area (Å²) < 4.78 is 0. The third kappa shape index (κ3) is 3.95. The first-order chi connectivity index (χ1) is 9.91. The lowest BCUT2D eigenvalue weighted by Crippen LogP contribution is -2.44. The van der Waals surface area contributed by atoms with Gasteiger partial charge in [0.25, 0.3) is 0 Å². The van der Waals surface area contributed by atoms with Crippen molar-refractivity contribution in [1.29, 1.82) is 0 Å². The Balaban J connectivity index is 2.09. The van der Waals surface area contributed by atoms with E-state index in [2.05, 4.69) is 5.32 Å². The Morgan fingerprint density at radius 1 is 1.29 bits per heavy atom. The molecule has 1 amide bonds. The van der Waals surface area contributed by atoms with Gasteiger partial charge in [-0.1, -0.05) is 36.9 Å². The molecule has 1 aliphatic rings. The number of rotatable bonds is 4. The maximum absolute atomic E-state index is 12.1. The molecular formula is C15H19ClN2O3. The van der Waals surface area contributed by atoms with Crippen LogP contribution in [0.25, 0.3) is 0 Å². The number of amides is 1. The number of carboxylic acids is 1. The molecule has 114 valence electrons. The third-order valence-corrected chi connectivity index (χ3v) is 4.18. The van der Waals surface area contributed by atoms with Crippen molar-refractivity contribution in [2.24, 2.45) is 5.73 Å². The highest BCUT2D eigenvalue weighted by atomic mass is 35.5. The summed E-state index contributed by atoms with van der Waals surface area (Å²) in [6.07, 6.45) is 5.04. The second-order valence-corrected chi connectivity index (χ2v) is 6.02. The minimum Gasteiger partial charge on any atom is -0.478 e. The molecule has 2 rings (SSSR count). The Hall–Kier alpha value is -1.59. The van der Waals surface area contributed by atoms with Gasteiger partial charge in [-0.25, -0.2) is 4.79 Å². The molecule has 0 bridgehead atoms. The van der Waals surface area contributed by atoms with E-state index in [0.717, 1.165) is 32.1 Å². The second-order valence-electron chi connectivity index (χ2n) is 5.62. The van der Waals surface area contributed by atoms with E-state index >= 15 is 0 Å². The van der Waals surface area contributed by atoms with E-state index in [4.69, 9.17) is 17.3 Å². The van der Waals surface area contributed by atoms with E-state index in [0.29, 0.717) is 0 Å². The van der Waals surface area contributed by atoms with Crippen molar-refractivity contribution >= 4 is 29.2 Å². The van der Waals surface area contributed by atoms with Gasteiger partial charge in [0, 0.05) is 12.0 Å². The quantitative estimate of drug-likeness (QED) is 0.797. The van der Waals surface area contributed by atoms with Crippen LogP contribution in [-0.4, -0.2) is 22.5 Å². The highest BCUT2D eigenvalue weighted by Crippen LogP contribution is 2.30. The van der Waals surface area contributed by atoms with Crippen LogP contribution in [0.3, 0.4) is 0 Å². The van der Waals surface area contributed by atoms with E-state index in [1.165, 1.54) is 12.1 Å². The predicted molar refractivity (Wildman–Crippen MR) is 81.7 cm³/mol. The number of hydrogen-bond acceptors (Lipinski definition) is 3. The van der Waals surface area contributed by atoms with Gasteiger partial charge in [0.15, 0.2) is 0 Å². The number of carboxylic acid groups (broad SMARTS) is 1. The monoisotopic (exact) mass is 310 g/mol. The summed E-state index contributed by atoms with van der Waals surface area (Å²) in [6, 6.07) is 4.60. The lowest BCUT2D eigenvalue weighted by atomic mass is 9.80. The summed E-state index contributed by atoms with van der Waals surface area (Å²) in [6.45, 7) is 0. The van der Waals surface area contributed by atoms with Crippen molar-refractivity contribution in [1.82, 2.24) is 0 Å². The molecule has 4 N–H and O–H groups in total. The minimum absolute atomic E-state index is 0.0952. The molecule has 21 heavy (non-hydrogen) atoms. The summed E-state index contributed by atoms with van der Waals surface area (Å²) in [5.41, 5.74) is 5.87. The first-order valence-corrected chi connectivity index (χ1v) is 7.40. The van der Waals surface area contributed by atoms with Crippen molar-refractivity contribution in [2.45, 2.75) is 44.1 Å². The fraction of sp³-hybridized carbons (Fsp3) is 0.467. The van der Waals surface area contributed by atoms with Crippen LogP contribution in [0.1, 0.15) is 48.9 Å². The molecule has 0 unspecified atom stereocenters. The Morgan fingerprint density at radius 2 is 1.95 bits per heavy atom. The molecule has 1 aliphatic carbocycles. The van der Waals surface area contributed by atoms with Crippen LogP contribution in [0.4, 0.5) is 5.69 Å². The molecule has 6 heteroatoms. The minimum atomic E-state index is -1.17. The average molecular weight is 311 g/mol. The van der Waals surface area contributed by atoms with E-state index < -0.39 is 11.5 Å². The van der Waals surface area contributed by atoms with E-state index in [-0.39, 0.29) is 28.6 Å². The average Bonchev–Trinajstić information content (AvgIpc) is 2.38. The molecule has 0 atom stereocenters. The zero-order chi connectivity index (χ0) is 15.5. The summed E-state index contributed by atoms with van der Waals surface area (Å²) in [4.78, 5) is 23.4. The summed E-state index contributed by atoms with van der Waals surface area (Å²) in [5, 5.41) is 11.9. The fourth-order valence-corrected chi connectivity index (χ4v) is 3.05. The first kappa shape index (κ1) is 15.8. The van der Waals surface area contributed by atoms with Gasteiger partial charge in [-0.05, 0) is 25.0 Å². The molecule has 1 fully saturated rings. The molecule has 0 spiro atoms. The van der Waals surface area contributed by atoms with Gasteiger partial charge in [-0.2, -0.15) is 0 Å². The van der Waals surface area contributed by atoms with Crippen LogP contribution in [-0.2, 0) is 4.79 Å². The Kier molecular flexibility index (Phi) is 4.85. The van der Waals surface area contributed by atoms with E-state index in [9.17, 15) is 14.7 Å². The van der Waals surface area contributed by atoms with Gasteiger partial charge in [0.2, 0.25) is 5.91 Å². The van der Waals surface area contributed by atoms with Crippen LogP contribution < -0.4 is 11.1 Å². The summed E-state index contributed by atoms with van der Waals surface area (Å²) in [5.74, 6) is -1.44. The summed E-state index contributed by atoms with van der Waals surface area (Å²) >= 11 is 5.87. The number of carbonyl (C=O) groups is 2. The number of carbonyl (C=O) groups excluding carboxylic acids is 1. The second kappa shape index (κ2) is 6.45. The molecule has 5 nitrogen and oxygen atoms in total. The van der Waals surface area contributed by atoms with Gasteiger partial charge in [-0.15, -0.1) is 0 Å². The Morgan fingerprint density at radius 3 is 2.57 bits per heavy atom. The maximum atomic E-state index is 12.1. The molecule has 0 radical (unpaired) electrons. The molecule has 0 saturated heterocycles. The largest absolute Gasteiger partial charge is 0.478 e. The van der Waals surface area contributed by atoms with Gasteiger partial charge in [0.05, 0.1) is 10.7 Å². The van der Waals surface area contributed by atoms with Crippen molar-refractivity contribution < 1.29 is 14.7 Å². The van der Waals surface area contributed by atoms with Gasteiger partial charge in [0.1, 0.15) is 5.56 Å². The standard InChI is InChI=1S/C15H19ClN2O3/c16-10-5-4-6-11(13(10)14(20)21)18-12(19)9-15(17)7-2-1-3-8-15/h4-6H,1-3,7-9,17H2,(H,18,19)(H,20,21). The first-order valence-electron chi connectivity index (χ1n) is 7.02. The van der Waals surface area contributed by atoms with Gasteiger partial charge < -0.3 is 16.2 Å². The van der Waals surface area contributed by atoms with Crippen LogP contribution in [0.2, 0.25) is 5.02 Å². The number of nitrogens with two attached hydrogens (primary N) is 1. The van der Waals surface area contributed by atoms with E-state index in [1.807, 2.05) is 0 Å². The van der Waals surface area contributed by atoms with Crippen LogP contribution in [0, 0.1) is 0 Å². The molecule has 0 aromatic heterocycles. The number of hydrogen-bond donors (Lipinski definition) is 3. The van der Waals surface area contributed by atoms with Gasteiger partial charge >= 0.3 is 5.97 Å². The number of nitrogens with one attached hydrogen (secondary N) is 1. The zero-order valence-corrected chi connectivity index (χ0v) is 12.4. The topological polar surface area (TPSA) is 92.4 Å². The summed E-state index contributed by atoms with van der Waals surface area (Å²) in [7, 11) is 0. The van der Waals surface area contributed by atoms with Crippen LogP contribution in [0.15, 0.2) is 18.2 Å². The number of halogens is 1. The number of anilines is 1. The highest BCUT2D eigenvalue weighted by Gasteiger charge is 2.30. The lowest BCUT2D eigenvalue weighted by molar-refractivity contribution is -0.117. The molecule has 0 heterocycles. The van der Waals surface area contributed by atoms with Crippen molar-refractivity contribution in [3.05, 3.63) is 28.8 Å². The van der Waals surface area contributed by atoms with Gasteiger partial charge in [-0.3, -0.25) is 4.79 Å². The highest BCUT2D eigenvalue weighted by molar-refractivity contribution is 6.34. The van der Waals surface area contributed by atoms with Crippen molar-refractivity contribution in [3.8, 4) is 0 Å². The molecule has 1 aromatic carbocycles. The fourth-order valence-electron chi connectivity index (χ4n) is 2.79. The molecule has 0 aliphatic heterocycles. The predicted octanol–water partition coefficient (Wildman–Crippen LogP) is 3.03. The van der Waals surface area contributed by atoms with Crippen LogP contribution in [0.5, 0.6) is 0 Å². The normalized spacial score (nSPS) is 17.2.